The van der Waals surface area contributed by atoms with E-state index in [-0.39, 0.29) is 24.9 Å². The first-order valence-electron chi connectivity index (χ1n) is 7.71. The molecule has 3 rings (SSSR count). The fourth-order valence-electron chi connectivity index (χ4n) is 2.80. The molecule has 0 saturated heterocycles. The van der Waals surface area contributed by atoms with Crippen molar-refractivity contribution < 1.29 is 23.8 Å². The van der Waals surface area contributed by atoms with E-state index in [0.29, 0.717) is 29.3 Å². The van der Waals surface area contributed by atoms with Crippen LogP contribution in [0.4, 0.5) is 4.39 Å². The number of aromatic nitrogens is 1. The van der Waals surface area contributed by atoms with Crippen molar-refractivity contribution in [2.45, 2.75) is 51.1 Å². The van der Waals surface area contributed by atoms with E-state index in [1.165, 1.54) is 12.1 Å². The van der Waals surface area contributed by atoms with Gasteiger partial charge in [-0.2, -0.15) is 0 Å². The van der Waals surface area contributed by atoms with Crippen molar-refractivity contribution in [1.29, 1.82) is 0 Å². The van der Waals surface area contributed by atoms with Crippen molar-refractivity contribution in [1.82, 2.24) is 4.98 Å². The van der Waals surface area contributed by atoms with Gasteiger partial charge in [-0.15, -0.1) is 0 Å². The number of ether oxygens (including phenoxy) is 1. The smallest absolute Gasteiger partial charge is 0.226 e. The summed E-state index contributed by atoms with van der Waals surface area (Å²) in [5, 5.41) is 19.4. The Balaban J connectivity index is 1.66. The first-order valence-corrected chi connectivity index (χ1v) is 7.71. The van der Waals surface area contributed by atoms with Crippen LogP contribution in [0.3, 0.4) is 0 Å². The topological polar surface area (TPSA) is 75.7 Å². The molecule has 2 N–H and O–H groups in total. The standard InChI is InChI=1S/C17H20FNO4/c1-11-15(10-22-14-3-2-8-17(20,21)9-14)19-16(23-11)12-4-6-13(18)7-5-12/h4-7,14,20-21H,2-3,8-10H2,1H3. The molecule has 2 aromatic rings. The van der Waals surface area contributed by atoms with Gasteiger partial charge < -0.3 is 19.4 Å². The van der Waals surface area contributed by atoms with Crippen molar-refractivity contribution in [2.24, 2.45) is 0 Å². The van der Waals surface area contributed by atoms with E-state index in [4.69, 9.17) is 9.15 Å². The maximum Gasteiger partial charge on any atom is 0.226 e. The normalized spacial score (nSPS) is 20.6. The van der Waals surface area contributed by atoms with Crippen LogP contribution >= 0.6 is 0 Å². The highest BCUT2D eigenvalue weighted by molar-refractivity contribution is 5.53. The fraction of sp³-hybridized carbons (Fsp3) is 0.471. The molecule has 1 fully saturated rings. The molecule has 0 amide bonds. The van der Waals surface area contributed by atoms with Crippen LogP contribution < -0.4 is 0 Å². The zero-order chi connectivity index (χ0) is 16.4. The molecule has 1 heterocycles. The van der Waals surface area contributed by atoms with Gasteiger partial charge in [0.1, 0.15) is 17.3 Å². The van der Waals surface area contributed by atoms with Gasteiger partial charge in [-0.05, 0) is 44.0 Å². The number of aryl methyl sites for hydroxylation is 1. The number of rotatable bonds is 4. The monoisotopic (exact) mass is 321 g/mol. The number of hydrogen-bond donors (Lipinski definition) is 2. The Hall–Kier alpha value is -1.76. The van der Waals surface area contributed by atoms with Gasteiger partial charge in [-0.1, -0.05) is 0 Å². The highest BCUT2D eigenvalue weighted by Gasteiger charge is 2.32. The lowest BCUT2D eigenvalue weighted by molar-refractivity contribution is -0.206. The number of hydrogen-bond acceptors (Lipinski definition) is 5. The largest absolute Gasteiger partial charge is 0.441 e. The minimum Gasteiger partial charge on any atom is -0.441 e. The third kappa shape index (κ3) is 3.96. The van der Waals surface area contributed by atoms with Gasteiger partial charge in [-0.25, -0.2) is 9.37 Å². The van der Waals surface area contributed by atoms with Gasteiger partial charge in [0.15, 0.2) is 5.79 Å². The molecule has 0 radical (unpaired) electrons. The van der Waals surface area contributed by atoms with Crippen LogP contribution in [0.1, 0.15) is 37.1 Å². The summed E-state index contributed by atoms with van der Waals surface area (Å²) in [4.78, 5) is 4.39. The van der Waals surface area contributed by atoms with E-state index in [1.54, 1.807) is 19.1 Å². The summed E-state index contributed by atoms with van der Waals surface area (Å²) in [5.41, 5.74) is 1.36. The van der Waals surface area contributed by atoms with Crippen molar-refractivity contribution in [2.75, 3.05) is 0 Å². The van der Waals surface area contributed by atoms with Crippen molar-refractivity contribution >= 4 is 0 Å². The third-order valence-electron chi connectivity index (χ3n) is 4.10. The Bertz CT molecular complexity index is 666. The van der Waals surface area contributed by atoms with Crippen LogP contribution in [-0.4, -0.2) is 27.1 Å². The Labute approximate surface area is 133 Å². The molecule has 23 heavy (non-hydrogen) atoms. The Morgan fingerprint density at radius 1 is 1.35 bits per heavy atom. The number of oxazole rings is 1. The molecule has 1 aromatic heterocycles. The molecule has 1 aromatic carbocycles. The molecule has 1 saturated carbocycles. The first kappa shape index (κ1) is 16.1. The van der Waals surface area contributed by atoms with E-state index in [0.717, 1.165) is 12.8 Å². The van der Waals surface area contributed by atoms with Crippen LogP contribution in [0.15, 0.2) is 28.7 Å². The summed E-state index contributed by atoms with van der Waals surface area (Å²) < 4.78 is 24.3. The number of aliphatic hydroxyl groups is 2. The zero-order valence-corrected chi connectivity index (χ0v) is 13.0. The molecule has 1 unspecified atom stereocenters. The van der Waals surface area contributed by atoms with Gasteiger partial charge in [-0.3, -0.25) is 0 Å². The van der Waals surface area contributed by atoms with Gasteiger partial charge in [0.2, 0.25) is 5.89 Å². The Morgan fingerprint density at radius 2 is 2.09 bits per heavy atom. The van der Waals surface area contributed by atoms with Gasteiger partial charge in [0.25, 0.3) is 0 Å². The van der Waals surface area contributed by atoms with E-state index >= 15 is 0 Å². The summed E-state index contributed by atoms with van der Waals surface area (Å²) in [6.07, 6.45) is 1.89. The number of nitrogens with zero attached hydrogens (tertiary/aromatic N) is 1. The molecule has 6 heteroatoms. The van der Waals surface area contributed by atoms with Crippen LogP contribution in [0.25, 0.3) is 11.5 Å². The van der Waals surface area contributed by atoms with Gasteiger partial charge >= 0.3 is 0 Å². The second-order valence-corrected chi connectivity index (χ2v) is 6.04. The van der Waals surface area contributed by atoms with Crippen LogP contribution in [-0.2, 0) is 11.3 Å². The predicted molar refractivity (Wildman–Crippen MR) is 80.8 cm³/mol. The summed E-state index contributed by atoms with van der Waals surface area (Å²) in [5.74, 6) is -0.890. The summed E-state index contributed by atoms with van der Waals surface area (Å²) >= 11 is 0. The third-order valence-corrected chi connectivity index (χ3v) is 4.10. The van der Waals surface area contributed by atoms with E-state index in [9.17, 15) is 14.6 Å². The maximum atomic E-state index is 13.0. The quantitative estimate of drug-likeness (QED) is 0.847. The molecule has 1 atom stereocenters. The van der Waals surface area contributed by atoms with E-state index in [1.807, 2.05) is 0 Å². The second-order valence-electron chi connectivity index (χ2n) is 6.04. The molecule has 0 aliphatic heterocycles. The van der Waals surface area contributed by atoms with Crippen molar-refractivity contribution in [3.05, 3.63) is 41.5 Å². The number of halogens is 1. The molecule has 124 valence electrons. The number of benzene rings is 1. The lowest BCUT2D eigenvalue weighted by atomic mass is 9.92. The molecule has 0 bridgehead atoms. The van der Waals surface area contributed by atoms with Crippen LogP contribution in [0, 0.1) is 12.7 Å². The predicted octanol–water partition coefficient (Wildman–Crippen LogP) is 2.93. The highest BCUT2D eigenvalue weighted by Crippen LogP contribution is 2.29. The molecular formula is C17H20FNO4. The van der Waals surface area contributed by atoms with Crippen molar-refractivity contribution in [3.8, 4) is 11.5 Å². The second kappa shape index (κ2) is 6.39. The Morgan fingerprint density at radius 3 is 2.78 bits per heavy atom. The zero-order valence-electron chi connectivity index (χ0n) is 13.0. The summed E-state index contributed by atoms with van der Waals surface area (Å²) in [7, 11) is 0. The average Bonchev–Trinajstić information content (AvgIpc) is 2.86. The summed E-state index contributed by atoms with van der Waals surface area (Å²) in [6.45, 7) is 2.04. The highest BCUT2D eigenvalue weighted by atomic mass is 19.1. The van der Waals surface area contributed by atoms with Crippen LogP contribution in [0.5, 0.6) is 0 Å². The van der Waals surface area contributed by atoms with E-state index < -0.39 is 5.79 Å². The summed E-state index contributed by atoms with van der Waals surface area (Å²) in [6, 6.07) is 5.93. The molecular weight excluding hydrogens is 301 g/mol. The maximum absolute atomic E-state index is 13.0. The van der Waals surface area contributed by atoms with Gasteiger partial charge in [0, 0.05) is 18.4 Å². The SMILES string of the molecule is Cc1oc(-c2ccc(F)cc2)nc1COC1CCCC(O)(O)C1. The minimum atomic E-state index is -1.64. The lowest BCUT2D eigenvalue weighted by Crippen LogP contribution is -2.38. The van der Waals surface area contributed by atoms with Gasteiger partial charge in [0.05, 0.1) is 12.7 Å². The van der Waals surface area contributed by atoms with Crippen molar-refractivity contribution in [3.63, 3.8) is 0 Å². The molecule has 1 aliphatic carbocycles. The lowest BCUT2D eigenvalue weighted by Gasteiger charge is -2.32. The van der Waals surface area contributed by atoms with Crippen LogP contribution in [0.2, 0.25) is 0 Å². The molecule has 1 aliphatic rings. The molecule has 5 nitrogen and oxygen atoms in total. The molecule has 0 spiro atoms. The Kier molecular flexibility index (Phi) is 4.48. The fourth-order valence-corrected chi connectivity index (χ4v) is 2.80. The first-order chi connectivity index (χ1) is 10.9. The minimum absolute atomic E-state index is 0.203. The van der Waals surface area contributed by atoms with E-state index in [2.05, 4.69) is 4.98 Å². The average molecular weight is 321 g/mol.